The van der Waals surface area contributed by atoms with E-state index in [0.29, 0.717) is 17.8 Å². The number of hydrogen-bond donors (Lipinski definition) is 1. The van der Waals surface area contributed by atoms with Crippen molar-refractivity contribution >= 4 is 5.97 Å². The Balaban J connectivity index is 1.41. The van der Waals surface area contributed by atoms with Gasteiger partial charge in [0.2, 0.25) is 0 Å². The first kappa shape index (κ1) is 20.9. The maximum absolute atomic E-state index is 12.1. The van der Waals surface area contributed by atoms with Gasteiger partial charge in [0.15, 0.2) is 0 Å². The minimum absolute atomic E-state index is 0.0471. The van der Waals surface area contributed by atoms with E-state index in [2.05, 4.69) is 13.8 Å². The van der Waals surface area contributed by atoms with Gasteiger partial charge in [-0.2, -0.15) is 0 Å². The van der Waals surface area contributed by atoms with Crippen LogP contribution in [0.1, 0.15) is 77.2 Å². The second kappa shape index (κ2) is 6.69. The predicted octanol–water partition coefficient (Wildman–Crippen LogP) is 3.80. The summed E-state index contributed by atoms with van der Waals surface area (Å²) in [6.45, 7) is 6.23. The molecule has 2 heterocycles. The van der Waals surface area contributed by atoms with Crippen molar-refractivity contribution in [2.24, 2.45) is 28.6 Å². The van der Waals surface area contributed by atoms with Crippen LogP contribution in [-0.4, -0.2) is 35.0 Å². The van der Waals surface area contributed by atoms with E-state index in [-0.39, 0.29) is 52.3 Å². The number of carbonyl (C=O) groups is 1. The molecule has 1 saturated heterocycles. The van der Waals surface area contributed by atoms with Gasteiger partial charge in [-0.3, -0.25) is 4.79 Å². The number of fused-ring (bicyclic) bond motifs is 3. The van der Waals surface area contributed by atoms with Crippen LogP contribution in [0.5, 0.6) is 0 Å². The second-order valence-corrected chi connectivity index (χ2v) is 11.6. The van der Waals surface area contributed by atoms with Crippen LogP contribution in [0, 0.1) is 28.6 Å². The Morgan fingerprint density at radius 1 is 1.12 bits per heavy atom. The van der Waals surface area contributed by atoms with E-state index in [1.807, 2.05) is 6.07 Å². The largest absolute Gasteiger partial charge is 0.459 e. The van der Waals surface area contributed by atoms with Gasteiger partial charge < -0.3 is 19.0 Å². The number of aliphatic hydroxyl groups excluding tert-OH is 1. The van der Waals surface area contributed by atoms with Gasteiger partial charge in [0.05, 0.1) is 12.4 Å². The Morgan fingerprint density at radius 2 is 1.94 bits per heavy atom. The van der Waals surface area contributed by atoms with Crippen LogP contribution >= 0.6 is 0 Å². The van der Waals surface area contributed by atoms with Gasteiger partial charge in [0, 0.05) is 24.3 Å². The molecule has 6 heteroatoms. The lowest BCUT2D eigenvalue weighted by Gasteiger charge is -2.61. The molecule has 4 saturated carbocycles. The number of esters is 1. The van der Waals surface area contributed by atoms with E-state index in [9.17, 15) is 14.7 Å². The number of ether oxygens (including phenoxy) is 2. The Morgan fingerprint density at radius 3 is 2.66 bits per heavy atom. The molecule has 6 rings (SSSR count). The van der Waals surface area contributed by atoms with E-state index in [0.717, 1.165) is 50.5 Å². The number of hydrogen-bond acceptors (Lipinski definition) is 6. The monoisotopic (exact) mass is 442 g/mol. The molecule has 5 fully saturated rings. The van der Waals surface area contributed by atoms with Crippen molar-refractivity contribution in [1.82, 2.24) is 0 Å². The highest BCUT2D eigenvalue weighted by Gasteiger charge is 2.84. The Bertz CT molecular complexity index is 982. The zero-order valence-electron chi connectivity index (χ0n) is 19.2. The normalized spacial score (nSPS) is 51.1. The predicted molar refractivity (Wildman–Crippen MR) is 116 cm³/mol. The molecule has 6 nitrogen and oxygen atoms in total. The van der Waals surface area contributed by atoms with Crippen molar-refractivity contribution in [3.8, 4) is 0 Å². The fraction of sp³-hybridized carbons (Fsp3) is 0.769. The summed E-state index contributed by atoms with van der Waals surface area (Å²) in [6.07, 6.45) is 8.20. The zero-order valence-corrected chi connectivity index (χ0v) is 19.2. The van der Waals surface area contributed by atoms with Gasteiger partial charge >= 0.3 is 11.6 Å². The maximum Gasteiger partial charge on any atom is 0.335 e. The van der Waals surface area contributed by atoms with Gasteiger partial charge in [-0.1, -0.05) is 13.8 Å². The molecular weight excluding hydrogens is 408 g/mol. The fourth-order valence-electron chi connectivity index (χ4n) is 9.10. The van der Waals surface area contributed by atoms with Gasteiger partial charge in [-0.15, -0.1) is 0 Å². The molecule has 0 aromatic carbocycles. The summed E-state index contributed by atoms with van der Waals surface area (Å²) in [6, 6.07) is 3.30. The van der Waals surface area contributed by atoms with Crippen molar-refractivity contribution in [1.29, 1.82) is 0 Å². The van der Waals surface area contributed by atoms with E-state index in [4.69, 9.17) is 13.9 Å². The lowest BCUT2D eigenvalue weighted by molar-refractivity contribution is -0.158. The van der Waals surface area contributed by atoms with Crippen LogP contribution in [0.4, 0.5) is 0 Å². The van der Waals surface area contributed by atoms with Crippen molar-refractivity contribution in [2.75, 3.05) is 0 Å². The summed E-state index contributed by atoms with van der Waals surface area (Å²) in [4.78, 5) is 23.7. The average Bonchev–Trinajstić information content (AvgIpc) is 3.44. The van der Waals surface area contributed by atoms with Crippen LogP contribution in [0.3, 0.4) is 0 Å². The van der Waals surface area contributed by atoms with Crippen molar-refractivity contribution in [2.45, 2.75) is 95.5 Å². The molecule has 0 bridgehead atoms. The molecule has 0 radical (unpaired) electrons. The van der Waals surface area contributed by atoms with Crippen LogP contribution in [0.15, 0.2) is 27.6 Å². The molecule has 32 heavy (non-hydrogen) atoms. The summed E-state index contributed by atoms with van der Waals surface area (Å²) in [5, 5.41) is 10.3. The minimum Gasteiger partial charge on any atom is -0.459 e. The molecule has 1 N–H and O–H groups in total. The van der Waals surface area contributed by atoms with E-state index >= 15 is 0 Å². The molecule has 1 aromatic heterocycles. The van der Waals surface area contributed by atoms with Crippen molar-refractivity contribution < 1.29 is 23.8 Å². The Labute approximate surface area is 188 Å². The number of carbonyl (C=O) groups excluding carboxylic acids is 1. The first-order chi connectivity index (χ1) is 15.2. The zero-order chi connectivity index (χ0) is 22.5. The quantitative estimate of drug-likeness (QED) is 0.554. The smallest absolute Gasteiger partial charge is 0.335 e. The number of aliphatic hydroxyl groups is 1. The Kier molecular flexibility index (Phi) is 4.37. The molecule has 174 valence electrons. The van der Waals surface area contributed by atoms with Crippen molar-refractivity contribution in [3.05, 3.63) is 34.4 Å². The molecule has 4 aliphatic carbocycles. The van der Waals surface area contributed by atoms with Gasteiger partial charge in [-0.25, -0.2) is 4.79 Å². The maximum atomic E-state index is 12.1. The van der Waals surface area contributed by atoms with E-state index < -0.39 is 0 Å². The van der Waals surface area contributed by atoms with Crippen LogP contribution < -0.4 is 5.63 Å². The van der Waals surface area contributed by atoms with Crippen LogP contribution in [-0.2, 0) is 14.3 Å². The van der Waals surface area contributed by atoms with E-state index in [1.165, 1.54) is 13.0 Å². The number of rotatable bonds is 2. The third kappa shape index (κ3) is 2.54. The molecular formula is C26H34O6. The van der Waals surface area contributed by atoms with Gasteiger partial charge in [0.1, 0.15) is 17.8 Å². The molecule has 1 spiro atoms. The minimum atomic E-state index is -0.369. The molecule has 0 unspecified atom stereocenters. The van der Waals surface area contributed by atoms with Crippen LogP contribution in [0.2, 0.25) is 0 Å². The topological polar surface area (TPSA) is 89.3 Å². The molecule has 1 aliphatic heterocycles. The summed E-state index contributed by atoms with van der Waals surface area (Å²) >= 11 is 0. The SMILES string of the molecule is CC(=O)O[C@@H]1[C@@H]2O[C@]23[C@H]2CC[C@H]4C[C@@H](O)CC[C@]4(C)[C@@H]2CC[C@]3(C)[C@H]1c1ccc(=O)oc1. The number of epoxide rings is 1. The third-order valence-corrected chi connectivity index (χ3v) is 10.5. The molecule has 10 atom stereocenters. The van der Waals surface area contributed by atoms with Gasteiger partial charge in [-0.05, 0) is 79.7 Å². The summed E-state index contributed by atoms with van der Waals surface area (Å²) in [5.41, 5.74) is 0.319. The van der Waals surface area contributed by atoms with E-state index in [1.54, 1.807) is 6.26 Å². The summed E-state index contributed by atoms with van der Waals surface area (Å²) in [5.74, 6) is 1.24. The lowest BCUT2D eigenvalue weighted by Crippen LogP contribution is -2.58. The lowest BCUT2D eigenvalue weighted by atomic mass is 9.44. The highest BCUT2D eigenvalue weighted by atomic mass is 16.7. The first-order valence-corrected chi connectivity index (χ1v) is 12.3. The molecule has 5 aliphatic rings. The standard InChI is InChI=1S/C26H34O6/c1-14(27)31-22-21(15-4-7-20(29)30-13-15)25(3)11-9-18-19(26(25)23(22)32-26)6-5-16-12-17(28)8-10-24(16,18)2/h4,7,13,16-19,21-23,28H,5-6,8-12H2,1-3H3/t16-,17-,18+,19-,21-,22-,23-,24-,25+,26+/m0/s1. The summed E-state index contributed by atoms with van der Waals surface area (Å²) in [7, 11) is 0. The highest BCUT2D eigenvalue weighted by Crippen LogP contribution is 2.78. The van der Waals surface area contributed by atoms with Crippen LogP contribution in [0.25, 0.3) is 0 Å². The van der Waals surface area contributed by atoms with Crippen molar-refractivity contribution in [3.63, 3.8) is 0 Å². The average molecular weight is 443 g/mol. The molecule has 0 amide bonds. The second-order valence-electron chi connectivity index (χ2n) is 11.6. The Hall–Kier alpha value is -1.66. The fourth-order valence-corrected chi connectivity index (χ4v) is 9.10. The molecule has 1 aromatic rings. The highest BCUT2D eigenvalue weighted by molar-refractivity contribution is 5.66. The summed E-state index contributed by atoms with van der Waals surface area (Å²) < 4.78 is 17.8. The third-order valence-electron chi connectivity index (χ3n) is 10.5. The first-order valence-electron chi connectivity index (χ1n) is 12.3. The van der Waals surface area contributed by atoms with Gasteiger partial charge in [0.25, 0.3) is 0 Å².